The van der Waals surface area contributed by atoms with Crippen molar-refractivity contribution in [2.24, 2.45) is 5.41 Å². The molecule has 0 bridgehead atoms. The minimum absolute atomic E-state index is 0.0828. The van der Waals surface area contributed by atoms with Crippen molar-refractivity contribution in [1.29, 1.82) is 5.26 Å². The summed E-state index contributed by atoms with van der Waals surface area (Å²) in [6.07, 6.45) is 7.52. The number of rotatable bonds is 5. The molecule has 1 aliphatic heterocycles. The van der Waals surface area contributed by atoms with Gasteiger partial charge in [0.1, 0.15) is 6.07 Å². The Kier molecular flexibility index (Phi) is 6.87. The number of hydrogen-bond acceptors (Lipinski definition) is 6. The highest BCUT2D eigenvalue weighted by molar-refractivity contribution is 6.03. The Morgan fingerprint density at radius 2 is 1.86 bits per heavy atom. The van der Waals surface area contributed by atoms with E-state index in [9.17, 15) is 9.90 Å². The quantitative estimate of drug-likeness (QED) is 0.492. The fraction of sp³-hybridized carbons (Fsp3) is 0.552. The number of aromatic amines is 1. The van der Waals surface area contributed by atoms with Gasteiger partial charge in [0.05, 0.1) is 12.7 Å². The number of carbonyl (C=O) groups is 1. The van der Waals surface area contributed by atoms with Crippen LogP contribution in [0.5, 0.6) is 0 Å². The zero-order valence-corrected chi connectivity index (χ0v) is 23.0. The number of aliphatic hydroxyl groups is 1. The van der Waals surface area contributed by atoms with Crippen LogP contribution in [0.4, 0.5) is 5.69 Å². The third-order valence-corrected chi connectivity index (χ3v) is 7.76. The van der Waals surface area contributed by atoms with Gasteiger partial charge >= 0.3 is 0 Å². The first-order chi connectivity index (χ1) is 17.2. The monoisotopic (exact) mass is 505 g/mol. The van der Waals surface area contributed by atoms with Gasteiger partial charge in [-0.3, -0.25) is 4.79 Å². The first-order valence-electron chi connectivity index (χ1n) is 12.9. The molecule has 2 heterocycles. The van der Waals surface area contributed by atoms with Crippen molar-refractivity contribution in [3.8, 4) is 6.07 Å². The number of nitrogens with zero attached hydrogens (tertiary/aromatic N) is 3. The minimum atomic E-state index is -1.07. The van der Waals surface area contributed by atoms with Crippen LogP contribution in [0, 0.1) is 16.7 Å². The normalized spacial score (nSPS) is 22.1. The van der Waals surface area contributed by atoms with Crippen LogP contribution < -0.4 is 5.32 Å². The van der Waals surface area contributed by atoms with E-state index in [0.29, 0.717) is 18.5 Å². The van der Waals surface area contributed by atoms with Crippen LogP contribution in [0.15, 0.2) is 30.5 Å². The summed E-state index contributed by atoms with van der Waals surface area (Å²) in [7, 11) is 1.68. The lowest BCUT2D eigenvalue weighted by molar-refractivity contribution is -0.294. The second-order valence-electron chi connectivity index (χ2n) is 12.5. The average molecular weight is 506 g/mol. The number of imidazole rings is 1. The van der Waals surface area contributed by atoms with Crippen molar-refractivity contribution in [2.75, 3.05) is 12.4 Å². The average Bonchev–Trinajstić information content (AvgIpc) is 3.27. The van der Waals surface area contributed by atoms with E-state index in [1.807, 2.05) is 29.3 Å². The van der Waals surface area contributed by atoms with E-state index >= 15 is 0 Å². The maximum Gasteiger partial charge on any atom is 0.291 e. The van der Waals surface area contributed by atoms with E-state index in [2.05, 4.69) is 62.9 Å². The summed E-state index contributed by atoms with van der Waals surface area (Å²) in [5, 5.41) is 26.1. The van der Waals surface area contributed by atoms with Gasteiger partial charge in [0, 0.05) is 41.4 Å². The number of hydroxylamine groups is 2. The molecule has 2 aromatic rings. The van der Waals surface area contributed by atoms with Crippen LogP contribution in [-0.4, -0.2) is 44.2 Å². The summed E-state index contributed by atoms with van der Waals surface area (Å²) >= 11 is 0. The number of aromatic nitrogens is 2. The van der Waals surface area contributed by atoms with E-state index in [0.717, 1.165) is 36.0 Å². The molecule has 0 spiro atoms. The number of H-pyrrole nitrogens is 1. The molecular weight excluding hydrogens is 466 g/mol. The zero-order valence-electron chi connectivity index (χ0n) is 23.0. The Labute approximate surface area is 219 Å². The molecule has 0 atom stereocenters. The Morgan fingerprint density at radius 1 is 1.19 bits per heavy atom. The Bertz CT molecular complexity index is 1250. The van der Waals surface area contributed by atoms with Gasteiger partial charge in [0.25, 0.3) is 5.91 Å². The lowest BCUT2D eigenvalue weighted by Crippen LogP contribution is -2.63. The van der Waals surface area contributed by atoms with Gasteiger partial charge < -0.3 is 20.2 Å². The van der Waals surface area contributed by atoms with Gasteiger partial charge in [0.15, 0.2) is 11.5 Å². The van der Waals surface area contributed by atoms with Gasteiger partial charge in [-0.2, -0.15) is 10.3 Å². The van der Waals surface area contributed by atoms with Crippen LogP contribution in [0.2, 0.25) is 0 Å². The summed E-state index contributed by atoms with van der Waals surface area (Å²) in [5.41, 5.74) is 2.07. The molecule has 3 N–H and O–H groups in total. The Hall–Kier alpha value is -2.99. The third kappa shape index (κ3) is 5.35. The highest BCUT2D eigenvalue weighted by Gasteiger charge is 2.53. The highest BCUT2D eigenvalue weighted by atomic mass is 16.7. The number of amides is 1. The molecule has 0 unspecified atom stereocenters. The summed E-state index contributed by atoms with van der Waals surface area (Å²) < 4.78 is 0. The van der Waals surface area contributed by atoms with Gasteiger partial charge in [-0.15, -0.1) is 0 Å². The number of allylic oxidation sites excluding steroid dienone is 2. The molecule has 1 fully saturated rings. The molecular formula is C29H39N5O3. The maximum absolute atomic E-state index is 13.0. The van der Waals surface area contributed by atoms with Crippen LogP contribution in [-0.2, 0) is 10.4 Å². The smallest absolute Gasteiger partial charge is 0.291 e. The largest absolute Gasteiger partial charge is 0.385 e. The molecule has 8 nitrogen and oxygen atoms in total. The third-order valence-electron chi connectivity index (χ3n) is 7.76. The molecule has 198 valence electrons. The van der Waals surface area contributed by atoms with Gasteiger partial charge in [0.2, 0.25) is 0 Å². The summed E-state index contributed by atoms with van der Waals surface area (Å²) in [5.74, 6) is -0.332. The van der Waals surface area contributed by atoms with E-state index in [1.165, 1.54) is 6.20 Å². The van der Waals surface area contributed by atoms with E-state index in [-0.39, 0.29) is 16.9 Å². The van der Waals surface area contributed by atoms with Crippen molar-refractivity contribution >= 4 is 17.2 Å². The fourth-order valence-electron chi connectivity index (χ4n) is 6.36. The second kappa shape index (κ2) is 9.39. The summed E-state index contributed by atoms with van der Waals surface area (Å²) in [4.78, 5) is 25.5. The number of hydrogen-bond donors (Lipinski definition) is 3. The molecule has 0 radical (unpaired) electrons. The molecule has 2 aliphatic rings. The number of nitriles is 1. The molecule has 1 amide bonds. The molecule has 8 heteroatoms. The first-order valence-corrected chi connectivity index (χ1v) is 12.9. The molecule has 1 aromatic heterocycles. The van der Waals surface area contributed by atoms with Crippen LogP contribution >= 0.6 is 0 Å². The van der Waals surface area contributed by atoms with Gasteiger partial charge in [-0.1, -0.05) is 26.0 Å². The number of nitrogens with one attached hydrogen (secondary N) is 2. The minimum Gasteiger partial charge on any atom is -0.385 e. The Balaban J connectivity index is 1.75. The van der Waals surface area contributed by atoms with Crippen molar-refractivity contribution in [3.05, 3.63) is 53.1 Å². The zero-order chi connectivity index (χ0) is 27.2. The van der Waals surface area contributed by atoms with Crippen molar-refractivity contribution in [2.45, 2.75) is 90.3 Å². The first kappa shape index (κ1) is 27.1. The van der Waals surface area contributed by atoms with Crippen LogP contribution in [0.25, 0.3) is 5.57 Å². The highest BCUT2D eigenvalue weighted by Crippen LogP contribution is 2.49. The van der Waals surface area contributed by atoms with Crippen molar-refractivity contribution in [3.63, 3.8) is 0 Å². The van der Waals surface area contributed by atoms with E-state index in [1.54, 1.807) is 7.11 Å². The maximum atomic E-state index is 13.0. The topological polar surface area (TPSA) is 114 Å². The number of anilines is 1. The predicted octanol–water partition coefficient (Wildman–Crippen LogP) is 5.53. The molecule has 0 saturated carbocycles. The SMILES string of the molecule is CON1C(C)(C)CC(O)(c2ccc(NC(=O)c3nc(C#N)c[nH]3)c(C3=CCC(C)(C)CC3)c2)CC1(C)C. The molecule has 4 rings (SSSR count). The molecule has 1 aromatic carbocycles. The number of benzene rings is 1. The predicted molar refractivity (Wildman–Crippen MR) is 143 cm³/mol. The van der Waals surface area contributed by atoms with E-state index < -0.39 is 22.6 Å². The standard InChI is InChI=1S/C29H39N5O3/c1-26(2)12-10-19(11-13-26)22-14-20(29(36)17-27(3,4)34(37-7)28(5,6)18-29)8-9-23(22)33-25(35)24-31-16-21(15-30)32-24/h8-10,14,16,36H,11-13,17-18H2,1-7H3,(H,31,32)(H,33,35). The van der Waals surface area contributed by atoms with Crippen LogP contribution in [0.1, 0.15) is 101 Å². The second-order valence-corrected chi connectivity index (χ2v) is 12.5. The van der Waals surface area contributed by atoms with Gasteiger partial charge in [-0.25, -0.2) is 4.98 Å². The number of piperidine rings is 1. The molecule has 1 aliphatic carbocycles. The van der Waals surface area contributed by atoms with Crippen molar-refractivity contribution < 1.29 is 14.7 Å². The van der Waals surface area contributed by atoms with E-state index in [4.69, 9.17) is 10.1 Å². The van der Waals surface area contributed by atoms with Gasteiger partial charge in [-0.05, 0) is 75.6 Å². The fourth-order valence-corrected chi connectivity index (χ4v) is 6.36. The lowest BCUT2D eigenvalue weighted by Gasteiger charge is -2.56. The summed E-state index contributed by atoms with van der Waals surface area (Å²) in [6.45, 7) is 12.9. The number of carbonyl (C=O) groups excluding carboxylic acids is 1. The Morgan fingerprint density at radius 3 is 2.41 bits per heavy atom. The van der Waals surface area contributed by atoms with Crippen LogP contribution in [0.3, 0.4) is 0 Å². The summed E-state index contributed by atoms with van der Waals surface area (Å²) in [6, 6.07) is 7.75. The molecule has 1 saturated heterocycles. The lowest BCUT2D eigenvalue weighted by atomic mass is 9.69. The molecule has 37 heavy (non-hydrogen) atoms. The van der Waals surface area contributed by atoms with Crippen molar-refractivity contribution in [1.82, 2.24) is 15.0 Å².